The number of halogens is 2. The number of hydrogen-bond acceptors (Lipinski definition) is 4. The predicted molar refractivity (Wildman–Crippen MR) is 93.8 cm³/mol. The molecule has 2 aromatic carbocycles. The first kappa shape index (κ1) is 19.7. The van der Waals surface area contributed by atoms with Crippen LogP contribution >= 0.6 is 0 Å². The molecular formula is C18H15F2N3O4. The third-order valence-corrected chi connectivity index (χ3v) is 3.42. The molecule has 0 atom stereocenters. The summed E-state index contributed by atoms with van der Waals surface area (Å²) in [5, 5.41) is 15.9. The Hall–Kier alpha value is -3.62. The molecule has 0 aromatic heterocycles. The number of nitrogens with zero attached hydrogens (tertiary/aromatic N) is 1. The zero-order chi connectivity index (χ0) is 19.8. The van der Waals surface area contributed by atoms with Gasteiger partial charge in [0.05, 0.1) is 16.6 Å². The molecule has 0 aliphatic carbocycles. The van der Waals surface area contributed by atoms with E-state index in [0.29, 0.717) is 0 Å². The second kappa shape index (κ2) is 9.18. The van der Waals surface area contributed by atoms with E-state index in [4.69, 9.17) is 0 Å². The van der Waals surface area contributed by atoms with E-state index in [0.717, 1.165) is 30.3 Å². The van der Waals surface area contributed by atoms with Crippen LogP contribution in [0.25, 0.3) is 6.08 Å². The SMILES string of the molecule is O=C(C=Cc1ccc(F)cc1[N+](=O)[O-])NCCNC(=O)c1ccc(F)cc1. The summed E-state index contributed by atoms with van der Waals surface area (Å²) in [6, 6.07) is 8.01. The van der Waals surface area contributed by atoms with Crippen LogP contribution < -0.4 is 10.6 Å². The first-order chi connectivity index (χ1) is 12.9. The van der Waals surface area contributed by atoms with Crippen LogP contribution in [0, 0.1) is 21.7 Å². The highest BCUT2D eigenvalue weighted by atomic mass is 19.1. The number of nitrogens with one attached hydrogen (secondary N) is 2. The summed E-state index contributed by atoms with van der Waals surface area (Å²) < 4.78 is 25.8. The van der Waals surface area contributed by atoms with Crippen molar-refractivity contribution < 1.29 is 23.3 Å². The van der Waals surface area contributed by atoms with Gasteiger partial charge in [-0.25, -0.2) is 8.78 Å². The largest absolute Gasteiger partial charge is 0.351 e. The zero-order valence-electron chi connectivity index (χ0n) is 13.9. The number of rotatable bonds is 7. The van der Waals surface area contributed by atoms with Crippen LogP contribution in [-0.2, 0) is 4.79 Å². The highest BCUT2D eigenvalue weighted by Gasteiger charge is 2.12. The van der Waals surface area contributed by atoms with Gasteiger partial charge in [0.15, 0.2) is 0 Å². The fourth-order valence-corrected chi connectivity index (χ4v) is 2.11. The third kappa shape index (κ3) is 5.99. The van der Waals surface area contributed by atoms with Gasteiger partial charge in [0.2, 0.25) is 5.91 Å². The average molecular weight is 375 g/mol. The number of amides is 2. The van der Waals surface area contributed by atoms with Crippen molar-refractivity contribution in [3.05, 3.63) is 81.4 Å². The molecule has 0 aliphatic rings. The fraction of sp³-hybridized carbons (Fsp3) is 0.111. The molecule has 0 spiro atoms. The van der Waals surface area contributed by atoms with E-state index in [1.54, 1.807) is 0 Å². The van der Waals surface area contributed by atoms with Gasteiger partial charge in [-0.05, 0) is 42.5 Å². The standard InChI is InChI=1S/C18H15F2N3O4/c19-14-5-2-13(3-6-14)18(25)22-10-9-21-17(24)8-4-12-1-7-15(20)11-16(12)23(26)27/h1-8,11H,9-10H2,(H,21,24)(H,22,25). The number of hydrogen-bond donors (Lipinski definition) is 2. The fourth-order valence-electron chi connectivity index (χ4n) is 2.11. The molecule has 0 heterocycles. The second-order valence-electron chi connectivity index (χ2n) is 5.35. The van der Waals surface area contributed by atoms with E-state index in [2.05, 4.69) is 10.6 Å². The molecule has 0 saturated carbocycles. The maximum atomic E-state index is 13.1. The first-order valence-electron chi connectivity index (χ1n) is 7.80. The first-order valence-corrected chi connectivity index (χ1v) is 7.80. The summed E-state index contributed by atoms with van der Waals surface area (Å²) in [7, 11) is 0. The Balaban J connectivity index is 1.81. The minimum Gasteiger partial charge on any atom is -0.351 e. The Labute approximate surface area is 152 Å². The lowest BCUT2D eigenvalue weighted by atomic mass is 10.1. The summed E-state index contributed by atoms with van der Waals surface area (Å²) >= 11 is 0. The van der Waals surface area contributed by atoms with Crippen molar-refractivity contribution >= 4 is 23.6 Å². The van der Waals surface area contributed by atoms with Gasteiger partial charge in [0.25, 0.3) is 11.6 Å². The minimum absolute atomic E-state index is 0.0844. The molecule has 140 valence electrons. The van der Waals surface area contributed by atoms with Gasteiger partial charge in [0, 0.05) is 24.7 Å². The molecule has 0 bridgehead atoms. The topological polar surface area (TPSA) is 101 Å². The van der Waals surface area contributed by atoms with Crippen molar-refractivity contribution in [1.29, 1.82) is 0 Å². The van der Waals surface area contributed by atoms with Crippen molar-refractivity contribution in [2.75, 3.05) is 13.1 Å². The van der Waals surface area contributed by atoms with E-state index in [1.165, 1.54) is 24.3 Å². The van der Waals surface area contributed by atoms with Crippen molar-refractivity contribution in [3.8, 4) is 0 Å². The summed E-state index contributed by atoms with van der Waals surface area (Å²) in [5.74, 6) is -2.15. The van der Waals surface area contributed by atoms with E-state index in [1.807, 2.05) is 0 Å². The Kier molecular flexibility index (Phi) is 6.70. The molecule has 2 aromatic rings. The number of nitro groups is 1. The van der Waals surface area contributed by atoms with Crippen molar-refractivity contribution in [2.45, 2.75) is 0 Å². The molecule has 7 nitrogen and oxygen atoms in total. The number of carbonyl (C=O) groups excluding carboxylic acids is 2. The van der Waals surface area contributed by atoms with Gasteiger partial charge in [0.1, 0.15) is 11.6 Å². The summed E-state index contributed by atoms with van der Waals surface area (Å²) in [4.78, 5) is 33.6. The smallest absolute Gasteiger partial charge is 0.279 e. The molecule has 0 saturated heterocycles. The van der Waals surface area contributed by atoms with Crippen LogP contribution in [0.3, 0.4) is 0 Å². The molecular weight excluding hydrogens is 360 g/mol. The lowest BCUT2D eigenvalue weighted by molar-refractivity contribution is -0.385. The van der Waals surface area contributed by atoms with Crippen LogP contribution in [0.5, 0.6) is 0 Å². The van der Waals surface area contributed by atoms with E-state index < -0.39 is 34.1 Å². The van der Waals surface area contributed by atoms with Gasteiger partial charge in [-0.15, -0.1) is 0 Å². The molecule has 2 N–H and O–H groups in total. The molecule has 0 unspecified atom stereocenters. The second-order valence-corrected chi connectivity index (χ2v) is 5.35. The Morgan fingerprint density at radius 3 is 2.30 bits per heavy atom. The molecule has 0 aliphatic heterocycles. The molecule has 2 amide bonds. The van der Waals surface area contributed by atoms with Crippen molar-refractivity contribution in [3.63, 3.8) is 0 Å². The quantitative estimate of drug-likeness (QED) is 0.336. The van der Waals surface area contributed by atoms with Gasteiger partial charge in [-0.3, -0.25) is 19.7 Å². The Morgan fingerprint density at radius 2 is 1.63 bits per heavy atom. The van der Waals surface area contributed by atoms with E-state index >= 15 is 0 Å². The lowest BCUT2D eigenvalue weighted by Crippen LogP contribution is -2.33. The van der Waals surface area contributed by atoms with E-state index in [9.17, 15) is 28.5 Å². The normalized spacial score (nSPS) is 10.6. The molecule has 0 fully saturated rings. The summed E-state index contributed by atoms with van der Waals surface area (Å²) in [5.41, 5.74) is -0.0852. The third-order valence-electron chi connectivity index (χ3n) is 3.42. The molecule has 27 heavy (non-hydrogen) atoms. The number of benzene rings is 2. The monoisotopic (exact) mass is 375 g/mol. The number of nitro benzene ring substituents is 1. The van der Waals surface area contributed by atoms with Gasteiger partial charge >= 0.3 is 0 Å². The Bertz CT molecular complexity index is 883. The van der Waals surface area contributed by atoms with Gasteiger partial charge < -0.3 is 10.6 Å². The van der Waals surface area contributed by atoms with Gasteiger partial charge in [-0.2, -0.15) is 0 Å². The Morgan fingerprint density at radius 1 is 1.00 bits per heavy atom. The summed E-state index contributed by atoms with van der Waals surface area (Å²) in [6.45, 7) is 0.244. The van der Waals surface area contributed by atoms with Crippen molar-refractivity contribution in [1.82, 2.24) is 10.6 Å². The van der Waals surface area contributed by atoms with Crippen LogP contribution in [0.1, 0.15) is 15.9 Å². The average Bonchev–Trinajstić information content (AvgIpc) is 2.64. The van der Waals surface area contributed by atoms with Crippen molar-refractivity contribution in [2.24, 2.45) is 0 Å². The van der Waals surface area contributed by atoms with Crippen LogP contribution in [0.15, 0.2) is 48.5 Å². The van der Waals surface area contributed by atoms with Crippen LogP contribution in [0.2, 0.25) is 0 Å². The molecule has 0 radical (unpaired) electrons. The van der Waals surface area contributed by atoms with Crippen LogP contribution in [-0.4, -0.2) is 29.8 Å². The highest BCUT2D eigenvalue weighted by molar-refractivity contribution is 5.94. The summed E-state index contributed by atoms with van der Waals surface area (Å²) in [6.07, 6.45) is 2.27. The highest BCUT2D eigenvalue weighted by Crippen LogP contribution is 2.20. The van der Waals surface area contributed by atoms with Crippen LogP contribution in [0.4, 0.5) is 14.5 Å². The zero-order valence-corrected chi connectivity index (χ0v) is 13.9. The maximum Gasteiger partial charge on any atom is 0.279 e. The molecule has 2 rings (SSSR count). The predicted octanol–water partition coefficient (Wildman–Crippen LogP) is 2.43. The minimum atomic E-state index is -0.750. The maximum absolute atomic E-state index is 13.1. The lowest BCUT2D eigenvalue weighted by Gasteiger charge is -2.06. The molecule has 9 heteroatoms. The number of carbonyl (C=O) groups is 2. The van der Waals surface area contributed by atoms with E-state index in [-0.39, 0.29) is 24.2 Å². The van der Waals surface area contributed by atoms with Gasteiger partial charge in [-0.1, -0.05) is 0 Å².